The molecule has 0 aromatic heterocycles. The minimum Gasteiger partial charge on any atom is -0.358 e. The highest BCUT2D eigenvalue weighted by atomic mass is 15.2. The molecule has 0 fully saturated rings. The van der Waals surface area contributed by atoms with Gasteiger partial charge in [0.05, 0.1) is 6.54 Å². The second-order valence-corrected chi connectivity index (χ2v) is 4.49. The first-order valence-corrected chi connectivity index (χ1v) is 5.91. The summed E-state index contributed by atoms with van der Waals surface area (Å²) in [4.78, 5) is 6.73. The summed E-state index contributed by atoms with van der Waals surface area (Å²) in [7, 11) is 1.99. The van der Waals surface area contributed by atoms with Crippen LogP contribution < -0.4 is 0 Å². The van der Waals surface area contributed by atoms with Gasteiger partial charge in [0.15, 0.2) is 5.84 Å². The van der Waals surface area contributed by atoms with Crippen molar-refractivity contribution in [1.29, 1.82) is 0 Å². The van der Waals surface area contributed by atoms with Crippen LogP contribution in [0.15, 0.2) is 70.1 Å². The second kappa shape index (κ2) is 4.22. The van der Waals surface area contributed by atoms with Gasteiger partial charge in [0.2, 0.25) is 0 Å². The van der Waals surface area contributed by atoms with Crippen LogP contribution in [0.3, 0.4) is 0 Å². The predicted octanol–water partition coefficient (Wildman–Crippen LogP) is 2.61. The van der Waals surface area contributed by atoms with Crippen molar-refractivity contribution in [3.8, 4) is 0 Å². The molecule has 0 bridgehead atoms. The molecule has 2 heterocycles. The van der Waals surface area contributed by atoms with Gasteiger partial charge in [0, 0.05) is 25.0 Å². The molecule has 90 valence electrons. The Morgan fingerprint density at radius 1 is 1.11 bits per heavy atom. The normalized spacial score (nSPS) is 20.3. The number of nitrogens with zero attached hydrogens (tertiary/aromatic N) is 4. The Bertz CT molecular complexity index is 540. The van der Waals surface area contributed by atoms with Crippen molar-refractivity contribution < 1.29 is 0 Å². The Hall–Kier alpha value is -2.23. The first kappa shape index (κ1) is 10.9. The summed E-state index contributed by atoms with van der Waals surface area (Å²) in [5.41, 5.74) is 0.639. The number of hydrogen-bond acceptors (Lipinski definition) is 4. The monoisotopic (exact) mass is 238 g/mol. The lowest BCUT2D eigenvalue weighted by Gasteiger charge is -2.28. The largest absolute Gasteiger partial charge is 0.358 e. The van der Waals surface area contributed by atoms with Gasteiger partial charge in [-0.25, -0.2) is 4.99 Å². The molecule has 3 rings (SSSR count). The van der Waals surface area contributed by atoms with Crippen LogP contribution in [0.1, 0.15) is 5.56 Å². The number of benzene rings is 1. The Labute approximate surface area is 106 Å². The molecule has 18 heavy (non-hydrogen) atoms. The van der Waals surface area contributed by atoms with E-state index in [2.05, 4.69) is 22.4 Å². The third-order valence-electron chi connectivity index (χ3n) is 3.03. The van der Waals surface area contributed by atoms with Gasteiger partial charge in [-0.15, -0.1) is 5.11 Å². The van der Waals surface area contributed by atoms with Gasteiger partial charge < -0.3 is 4.90 Å². The van der Waals surface area contributed by atoms with Crippen LogP contribution in [0.4, 0.5) is 0 Å². The minimum absolute atomic E-state index is 0.362. The van der Waals surface area contributed by atoms with Gasteiger partial charge in [0.25, 0.3) is 0 Å². The van der Waals surface area contributed by atoms with E-state index in [1.807, 2.05) is 54.7 Å². The fraction of sp³-hybridized carbons (Fsp3) is 0.214. The molecule has 1 aromatic carbocycles. The lowest BCUT2D eigenvalue weighted by atomic mass is 9.98. The first-order valence-electron chi connectivity index (χ1n) is 5.91. The molecular weight excluding hydrogens is 224 g/mol. The minimum atomic E-state index is -0.362. The van der Waals surface area contributed by atoms with E-state index in [0.29, 0.717) is 12.4 Å². The van der Waals surface area contributed by atoms with Crippen LogP contribution >= 0.6 is 0 Å². The Morgan fingerprint density at radius 3 is 2.56 bits per heavy atom. The van der Waals surface area contributed by atoms with Crippen LogP contribution in [-0.4, -0.2) is 29.9 Å². The molecule has 1 spiro atoms. The SMILES string of the molecule is CN1C=CC2(C=C1)CN=NC(c1ccccc1)=N2. The fourth-order valence-corrected chi connectivity index (χ4v) is 1.96. The maximum Gasteiger partial charge on any atom is 0.177 e. The van der Waals surface area contributed by atoms with Crippen molar-refractivity contribution in [3.63, 3.8) is 0 Å². The Kier molecular flexibility index (Phi) is 2.55. The van der Waals surface area contributed by atoms with Gasteiger partial charge in [-0.2, -0.15) is 5.11 Å². The van der Waals surface area contributed by atoms with E-state index in [4.69, 9.17) is 4.99 Å². The molecule has 0 aliphatic carbocycles. The van der Waals surface area contributed by atoms with E-state index in [9.17, 15) is 0 Å². The van der Waals surface area contributed by atoms with E-state index in [-0.39, 0.29) is 5.54 Å². The number of aliphatic imine (C=N–C) groups is 1. The topological polar surface area (TPSA) is 40.3 Å². The number of amidine groups is 1. The molecule has 0 unspecified atom stereocenters. The van der Waals surface area contributed by atoms with Crippen molar-refractivity contribution in [2.24, 2.45) is 15.2 Å². The van der Waals surface area contributed by atoms with Crippen molar-refractivity contribution in [3.05, 3.63) is 60.4 Å². The number of azo groups is 1. The number of rotatable bonds is 1. The molecule has 4 nitrogen and oxygen atoms in total. The molecule has 0 saturated carbocycles. The van der Waals surface area contributed by atoms with Crippen molar-refractivity contribution >= 4 is 5.84 Å². The van der Waals surface area contributed by atoms with E-state index in [1.54, 1.807) is 0 Å². The smallest absolute Gasteiger partial charge is 0.177 e. The average Bonchev–Trinajstić information content (AvgIpc) is 2.44. The molecular formula is C14H14N4. The quantitative estimate of drug-likeness (QED) is 0.741. The van der Waals surface area contributed by atoms with Crippen LogP contribution in [0.2, 0.25) is 0 Å². The zero-order valence-electron chi connectivity index (χ0n) is 10.2. The summed E-state index contributed by atoms with van der Waals surface area (Å²) in [5, 5.41) is 8.37. The zero-order chi connectivity index (χ0) is 12.4. The first-order chi connectivity index (χ1) is 8.77. The zero-order valence-corrected chi connectivity index (χ0v) is 10.2. The molecule has 0 radical (unpaired) electrons. The van der Waals surface area contributed by atoms with Crippen molar-refractivity contribution in [2.45, 2.75) is 5.54 Å². The van der Waals surface area contributed by atoms with E-state index < -0.39 is 0 Å². The maximum atomic E-state index is 4.73. The molecule has 2 aliphatic heterocycles. The van der Waals surface area contributed by atoms with Crippen molar-refractivity contribution in [1.82, 2.24) is 4.90 Å². The van der Waals surface area contributed by atoms with Crippen LogP contribution in [0.25, 0.3) is 0 Å². The van der Waals surface area contributed by atoms with Crippen LogP contribution in [-0.2, 0) is 0 Å². The van der Waals surface area contributed by atoms with Crippen molar-refractivity contribution in [2.75, 3.05) is 13.6 Å². The molecule has 1 aromatic rings. The average molecular weight is 238 g/mol. The highest BCUT2D eigenvalue weighted by Gasteiger charge is 2.29. The summed E-state index contributed by atoms with van der Waals surface area (Å²) in [6.45, 7) is 0.574. The maximum absolute atomic E-state index is 4.73. The molecule has 0 atom stereocenters. The van der Waals surface area contributed by atoms with Gasteiger partial charge in [-0.3, -0.25) is 0 Å². The Balaban J connectivity index is 1.98. The highest BCUT2D eigenvalue weighted by molar-refractivity contribution is 5.99. The predicted molar refractivity (Wildman–Crippen MR) is 71.5 cm³/mol. The third-order valence-corrected chi connectivity index (χ3v) is 3.03. The van der Waals surface area contributed by atoms with E-state index in [1.165, 1.54) is 0 Å². The summed E-state index contributed by atoms with van der Waals surface area (Å²) < 4.78 is 0. The standard InChI is InChI=1S/C14H14N4/c1-18-9-7-14(8-10-18)11-15-17-13(16-14)12-5-3-2-4-6-12/h2-10H,11H2,1H3. The van der Waals surface area contributed by atoms with Gasteiger partial charge >= 0.3 is 0 Å². The molecule has 2 aliphatic rings. The van der Waals surface area contributed by atoms with Gasteiger partial charge in [-0.05, 0) is 12.2 Å². The third kappa shape index (κ3) is 1.97. The van der Waals surface area contributed by atoms with E-state index >= 15 is 0 Å². The van der Waals surface area contributed by atoms with Crippen LogP contribution in [0, 0.1) is 0 Å². The molecule has 0 saturated heterocycles. The molecule has 0 amide bonds. The molecule has 0 N–H and O–H groups in total. The van der Waals surface area contributed by atoms with Gasteiger partial charge in [-0.1, -0.05) is 30.3 Å². The summed E-state index contributed by atoms with van der Waals surface area (Å²) in [6, 6.07) is 9.94. The summed E-state index contributed by atoms with van der Waals surface area (Å²) in [6.07, 6.45) is 8.14. The summed E-state index contributed by atoms with van der Waals surface area (Å²) >= 11 is 0. The second-order valence-electron chi connectivity index (χ2n) is 4.49. The fourth-order valence-electron chi connectivity index (χ4n) is 1.96. The highest BCUT2D eigenvalue weighted by Crippen LogP contribution is 2.25. The lowest BCUT2D eigenvalue weighted by Crippen LogP contribution is -2.32. The molecule has 4 heteroatoms. The van der Waals surface area contributed by atoms with Gasteiger partial charge in [0.1, 0.15) is 5.54 Å². The number of hydrogen-bond donors (Lipinski definition) is 0. The lowest BCUT2D eigenvalue weighted by molar-refractivity contribution is 0.545. The van der Waals surface area contributed by atoms with E-state index in [0.717, 1.165) is 5.56 Å². The summed E-state index contributed by atoms with van der Waals surface area (Å²) in [5.74, 6) is 0.695. The Morgan fingerprint density at radius 2 is 1.83 bits per heavy atom. The van der Waals surface area contributed by atoms with Crippen LogP contribution in [0.5, 0.6) is 0 Å².